The second-order valence-electron chi connectivity index (χ2n) is 7.08. The first kappa shape index (κ1) is 17.3. The van der Waals surface area contributed by atoms with Gasteiger partial charge in [-0.05, 0) is 46.0 Å². The van der Waals surface area contributed by atoms with Crippen LogP contribution in [-0.4, -0.2) is 29.2 Å². The molecule has 118 valence electrons. The highest BCUT2D eigenvalue weighted by Crippen LogP contribution is 2.34. The Morgan fingerprint density at radius 2 is 1.90 bits per heavy atom. The van der Waals surface area contributed by atoms with E-state index in [0.29, 0.717) is 19.3 Å². The van der Waals surface area contributed by atoms with Crippen LogP contribution in [0.5, 0.6) is 0 Å². The second-order valence-corrected chi connectivity index (χ2v) is 7.08. The molecule has 0 bridgehead atoms. The van der Waals surface area contributed by atoms with Crippen molar-refractivity contribution in [3.8, 4) is 6.07 Å². The number of nitrogens with one attached hydrogen (secondary N) is 2. The first-order valence-electron chi connectivity index (χ1n) is 7.29. The number of ether oxygens (including phenoxy) is 1. The molecule has 0 aromatic heterocycles. The van der Waals surface area contributed by atoms with Crippen molar-refractivity contribution in [2.75, 3.05) is 0 Å². The summed E-state index contributed by atoms with van der Waals surface area (Å²) in [4.78, 5) is 24.1. The van der Waals surface area contributed by atoms with Crippen LogP contribution in [-0.2, 0) is 9.53 Å². The topological polar surface area (TPSA) is 91.2 Å². The number of carbonyl (C=O) groups is 2. The standard InChI is InChI=1S/C15H25N3O3/c1-10(2)8-11(21-13(20)18-14(3,4)5)12(19)17-15(9-16)6-7-15/h10-11H,6-8H2,1-5H3,(H,17,19)(H,18,20). The quantitative estimate of drug-likeness (QED) is 0.812. The predicted molar refractivity (Wildman–Crippen MR) is 78.3 cm³/mol. The molecule has 2 N–H and O–H groups in total. The Labute approximate surface area is 126 Å². The Hall–Kier alpha value is -1.77. The molecule has 0 aliphatic heterocycles. The van der Waals surface area contributed by atoms with Crippen molar-refractivity contribution >= 4 is 12.0 Å². The monoisotopic (exact) mass is 295 g/mol. The third-order valence-corrected chi connectivity index (χ3v) is 3.03. The lowest BCUT2D eigenvalue weighted by Crippen LogP contribution is -2.48. The SMILES string of the molecule is CC(C)CC(OC(=O)NC(C)(C)C)C(=O)NC1(C#N)CC1. The lowest BCUT2D eigenvalue weighted by Gasteiger charge is -2.24. The number of nitrogens with zero attached hydrogens (tertiary/aromatic N) is 1. The molecule has 6 heteroatoms. The molecule has 0 heterocycles. The maximum absolute atomic E-state index is 12.2. The lowest BCUT2D eigenvalue weighted by atomic mass is 10.0. The van der Waals surface area contributed by atoms with Gasteiger partial charge in [0.15, 0.2) is 6.10 Å². The normalized spacial score (nSPS) is 17.6. The summed E-state index contributed by atoms with van der Waals surface area (Å²) in [6.07, 6.45) is 0.226. The molecule has 0 aromatic carbocycles. The van der Waals surface area contributed by atoms with Crippen LogP contribution in [0.15, 0.2) is 0 Å². The molecule has 0 saturated heterocycles. The van der Waals surface area contributed by atoms with E-state index < -0.39 is 29.2 Å². The third kappa shape index (κ3) is 6.03. The maximum atomic E-state index is 12.2. The molecule has 1 atom stereocenters. The van der Waals surface area contributed by atoms with Crippen molar-refractivity contribution in [2.24, 2.45) is 5.92 Å². The minimum atomic E-state index is -0.877. The molecular weight excluding hydrogens is 270 g/mol. The van der Waals surface area contributed by atoms with E-state index in [2.05, 4.69) is 16.7 Å². The zero-order chi connectivity index (χ0) is 16.3. The van der Waals surface area contributed by atoms with E-state index in [0.717, 1.165) is 0 Å². The first-order chi connectivity index (χ1) is 9.57. The fraction of sp³-hybridized carbons (Fsp3) is 0.800. The highest BCUT2D eigenvalue weighted by Gasteiger charge is 2.46. The summed E-state index contributed by atoms with van der Waals surface area (Å²) in [5, 5.41) is 14.4. The van der Waals surface area contributed by atoms with E-state index in [4.69, 9.17) is 10.00 Å². The Kier molecular flexibility index (Phi) is 5.21. The van der Waals surface area contributed by atoms with Crippen LogP contribution in [0.25, 0.3) is 0 Å². The number of hydrogen-bond acceptors (Lipinski definition) is 4. The Bertz CT molecular complexity index is 442. The molecule has 21 heavy (non-hydrogen) atoms. The van der Waals surface area contributed by atoms with E-state index in [1.54, 1.807) is 0 Å². The molecule has 2 amide bonds. The molecule has 6 nitrogen and oxygen atoms in total. The van der Waals surface area contributed by atoms with Gasteiger partial charge in [0.05, 0.1) is 6.07 Å². The van der Waals surface area contributed by atoms with Gasteiger partial charge in [0.25, 0.3) is 5.91 Å². The Balaban J connectivity index is 2.65. The van der Waals surface area contributed by atoms with Gasteiger partial charge < -0.3 is 15.4 Å². The van der Waals surface area contributed by atoms with Crippen LogP contribution in [0.4, 0.5) is 4.79 Å². The summed E-state index contributed by atoms with van der Waals surface area (Å²) in [5.74, 6) is -0.202. The van der Waals surface area contributed by atoms with Crippen molar-refractivity contribution in [3.63, 3.8) is 0 Å². The molecule has 1 aliphatic carbocycles. The van der Waals surface area contributed by atoms with Gasteiger partial charge in [0.2, 0.25) is 0 Å². The number of amides is 2. The number of alkyl carbamates (subject to hydrolysis) is 1. The molecular formula is C15H25N3O3. The largest absolute Gasteiger partial charge is 0.436 e. The minimum absolute atomic E-state index is 0.195. The molecule has 0 aromatic rings. The second kappa shape index (κ2) is 6.33. The summed E-state index contributed by atoms with van der Waals surface area (Å²) in [6.45, 7) is 9.40. The summed E-state index contributed by atoms with van der Waals surface area (Å²) in [5.41, 5.74) is -1.18. The van der Waals surface area contributed by atoms with Crippen LogP contribution in [0.2, 0.25) is 0 Å². The molecule has 0 spiro atoms. The fourth-order valence-corrected chi connectivity index (χ4v) is 1.81. The average Bonchev–Trinajstić information content (AvgIpc) is 3.05. The fourth-order valence-electron chi connectivity index (χ4n) is 1.81. The van der Waals surface area contributed by atoms with Crippen LogP contribution >= 0.6 is 0 Å². The Morgan fingerprint density at radius 3 is 2.29 bits per heavy atom. The van der Waals surface area contributed by atoms with E-state index >= 15 is 0 Å². The third-order valence-electron chi connectivity index (χ3n) is 3.03. The predicted octanol–water partition coefficient (Wildman–Crippen LogP) is 2.10. The Morgan fingerprint density at radius 1 is 1.33 bits per heavy atom. The lowest BCUT2D eigenvalue weighted by molar-refractivity contribution is -0.131. The number of hydrogen-bond donors (Lipinski definition) is 2. The summed E-state index contributed by atoms with van der Waals surface area (Å²) in [7, 11) is 0. The van der Waals surface area contributed by atoms with Gasteiger partial charge in [-0.2, -0.15) is 5.26 Å². The molecule has 1 fully saturated rings. The van der Waals surface area contributed by atoms with E-state index in [-0.39, 0.29) is 5.92 Å². The van der Waals surface area contributed by atoms with Crippen LogP contribution < -0.4 is 10.6 Å². The van der Waals surface area contributed by atoms with Crippen molar-refractivity contribution in [1.82, 2.24) is 10.6 Å². The zero-order valence-corrected chi connectivity index (χ0v) is 13.4. The number of nitriles is 1. The highest BCUT2D eigenvalue weighted by molar-refractivity contribution is 5.84. The van der Waals surface area contributed by atoms with Gasteiger partial charge in [-0.15, -0.1) is 0 Å². The van der Waals surface area contributed by atoms with E-state index in [1.807, 2.05) is 34.6 Å². The van der Waals surface area contributed by atoms with Gasteiger partial charge in [0.1, 0.15) is 5.54 Å². The molecule has 1 aliphatic rings. The van der Waals surface area contributed by atoms with Gasteiger partial charge >= 0.3 is 6.09 Å². The number of rotatable bonds is 5. The average molecular weight is 295 g/mol. The van der Waals surface area contributed by atoms with Gasteiger partial charge in [-0.3, -0.25) is 4.79 Å². The summed E-state index contributed by atoms with van der Waals surface area (Å²) >= 11 is 0. The molecule has 1 saturated carbocycles. The highest BCUT2D eigenvalue weighted by atomic mass is 16.6. The number of carbonyl (C=O) groups excluding carboxylic acids is 2. The zero-order valence-electron chi connectivity index (χ0n) is 13.4. The summed E-state index contributed by atoms with van der Waals surface area (Å²) < 4.78 is 5.25. The van der Waals surface area contributed by atoms with Crippen LogP contribution in [0, 0.1) is 17.2 Å². The summed E-state index contributed by atoms with van der Waals surface area (Å²) in [6, 6.07) is 2.10. The molecule has 0 radical (unpaired) electrons. The molecule has 1 rings (SSSR count). The first-order valence-corrected chi connectivity index (χ1v) is 7.29. The molecule has 1 unspecified atom stereocenters. The van der Waals surface area contributed by atoms with Crippen LogP contribution in [0.1, 0.15) is 53.9 Å². The smallest absolute Gasteiger partial charge is 0.408 e. The van der Waals surface area contributed by atoms with Gasteiger partial charge in [0, 0.05) is 5.54 Å². The maximum Gasteiger partial charge on any atom is 0.408 e. The van der Waals surface area contributed by atoms with Crippen molar-refractivity contribution in [3.05, 3.63) is 0 Å². The van der Waals surface area contributed by atoms with Crippen molar-refractivity contribution in [1.29, 1.82) is 5.26 Å². The van der Waals surface area contributed by atoms with Crippen molar-refractivity contribution < 1.29 is 14.3 Å². The van der Waals surface area contributed by atoms with Gasteiger partial charge in [-0.1, -0.05) is 13.8 Å². The van der Waals surface area contributed by atoms with Crippen molar-refractivity contribution in [2.45, 2.75) is 71.1 Å². The van der Waals surface area contributed by atoms with Gasteiger partial charge in [-0.25, -0.2) is 4.79 Å². The minimum Gasteiger partial charge on any atom is -0.436 e. The van der Waals surface area contributed by atoms with E-state index in [1.165, 1.54) is 0 Å². The van der Waals surface area contributed by atoms with E-state index in [9.17, 15) is 9.59 Å². The van der Waals surface area contributed by atoms with Crippen LogP contribution in [0.3, 0.4) is 0 Å².